The minimum atomic E-state index is -3.91. The van der Waals surface area contributed by atoms with Gasteiger partial charge in [0.25, 0.3) is 15.9 Å². The summed E-state index contributed by atoms with van der Waals surface area (Å²) in [5, 5.41) is 1.88. The molecule has 0 aliphatic rings. The second kappa shape index (κ2) is 6.09. The van der Waals surface area contributed by atoms with Gasteiger partial charge in [0.15, 0.2) is 0 Å². The molecule has 4 nitrogen and oxygen atoms in total. The van der Waals surface area contributed by atoms with Crippen molar-refractivity contribution in [3.63, 3.8) is 0 Å². The maximum atomic E-state index is 12.5. The standard InChI is InChI=1S/C19H17NO3S/c1-13-7-10-18(14(2)11-13)24(22,23)20-19(21)17-9-8-15-5-3-4-6-16(15)12-17/h3-12H,1-2H3,(H,20,21). The highest BCUT2D eigenvalue weighted by Crippen LogP contribution is 2.18. The number of hydrogen-bond acceptors (Lipinski definition) is 3. The summed E-state index contributed by atoms with van der Waals surface area (Å²) in [5.41, 5.74) is 1.88. The molecule has 0 bridgehead atoms. The average molecular weight is 339 g/mol. The quantitative estimate of drug-likeness (QED) is 0.793. The van der Waals surface area contributed by atoms with Gasteiger partial charge in [-0.15, -0.1) is 0 Å². The van der Waals surface area contributed by atoms with Crippen LogP contribution in [0.25, 0.3) is 10.8 Å². The van der Waals surface area contributed by atoms with Gasteiger partial charge in [-0.3, -0.25) is 4.79 Å². The molecule has 0 heterocycles. The monoisotopic (exact) mass is 339 g/mol. The van der Waals surface area contributed by atoms with Crippen LogP contribution < -0.4 is 4.72 Å². The zero-order valence-electron chi connectivity index (χ0n) is 13.4. The van der Waals surface area contributed by atoms with E-state index in [1.165, 1.54) is 6.07 Å². The first-order chi connectivity index (χ1) is 11.4. The third-order valence-corrected chi connectivity index (χ3v) is 5.35. The van der Waals surface area contributed by atoms with Crippen molar-refractivity contribution in [3.8, 4) is 0 Å². The lowest BCUT2D eigenvalue weighted by Gasteiger charge is -2.10. The second-order valence-corrected chi connectivity index (χ2v) is 7.42. The molecule has 0 atom stereocenters. The number of rotatable bonds is 3. The lowest BCUT2D eigenvalue weighted by Crippen LogP contribution is -2.31. The molecule has 0 radical (unpaired) electrons. The number of carbonyl (C=O) groups is 1. The van der Waals surface area contributed by atoms with E-state index in [-0.39, 0.29) is 4.90 Å². The molecule has 0 spiro atoms. The number of nitrogens with one attached hydrogen (secondary N) is 1. The van der Waals surface area contributed by atoms with Crippen LogP contribution in [0.1, 0.15) is 21.5 Å². The van der Waals surface area contributed by atoms with Crippen molar-refractivity contribution in [2.75, 3.05) is 0 Å². The fourth-order valence-electron chi connectivity index (χ4n) is 2.67. The Morgan fingerprint density at radius 3 is 2.29 bits per heavy atom. The summed E-state index contributed by atoms with van der Waals surface area (Å²) in [5.74, 6) is -0.638. The van der Waals surface area contributed by atoms with Crippen LogP contribution >= 0.6 is 0 Å². The predicted octanol–water partition coefficient (Wildman–Crippen LogP) is 3.58. The van der Waals surface area contributed by atoms with Crippen molar-refractivity contribution < 1.29 is 13.2 Å². The number of benzene rings is 3. The van der Waals surface area contributed by atoms with Crippen LogP contribution in [0.5, 0.6) is 0 Å². The molecule has 3 rings (SSSR count). The van der Waals surface area contributed by atoms with Gasteiger partial charge in [-0.05, 0) is 48.4 Å². The Morgan fingerprint density at radius 2 is 1.58 bits per heavy atom. The third kappa shape index (κ3) is 3.16. The second-order valence-electron chi connectivity index (χ2n) is 5.77. The molecule has 3 aromatic carbocycles. The highest BCUT2D eigenvalue weighted by atomic mass is 32.2. The number of fused-ring (bicyclic) bond motifs is 1. The summed E-state index contributed by atoms with van der Waals surface area (Å²) in [6.45, 7) is 3.60. The number of amides is 1. The highest BCUT2D eigenvalue weighted by molar-refractivity contribution is 7.90. The Labute approximate surface area is 141 Å². The summed E-state index contributed by atoms with van der Waals surface area (Å²) in [6, 6.07) is 17.7. The van der Waals surface area contributed by atoms with Gasteiger partial charge >= 0.3 is 0 Å². The van der Waals surface area contributed by atoms with Crippen LogP contribution in [0.15, 0.2) is 65.6 Å². The van der Waals surface area contributed by atoms with Crippen LogP contribution in [-0.2, 0) is 10.0 Å². The van der Waals surface area contributed by atoms with Crippen LogP contribution in [0.3, 0.4) is 0 Å². The van der Waals surface area contributed by atoms with E-state index in [4.69, 9.17) is 0 Å². The predicted molar refractivity (Wildman–Crippen MR) is 94.5 cm³/mol. The molecular formula is C19H17NO3S. The first-order valence-electron chi connectivity index (χ1n) is 7.50. The van der Waals surface area contributed by atoms with Crippen molar-refractivity contribution in [2.24, 2.45) is 0 Å². The number of carbonyl (C=O) groups excluding carboxylic acids is 1. The molecule has 5 heteroatoms. The van der Waals surface area contributed by atoms with Crippen LogP contribution in [0.2, 0.25) is 0 Å². The third-order valence-electron chi connectivity index (χ3n) is 3.86. The van der Waals surface area contributed by atoms with Gasteiger partial charge in [0.05, 0.1) is 4.90 Å². The first kappa shape index (κ1) is 16.2. The topological polar surface area (TPSA) is 63.2 Å². The number of hydrogen-bond donors (Lipinski definition) is 1. The van der Waals surface area contributed by atoms with Crippen LogP contribution in [-0.4, -0.2) is 14.3 Å². The van der Waals surface area contributed by atoms with Crippen molar-refractivity contribution in [1.82, 2.24) is 4.72 Å². The minimum absolute atomic E-state index is 0.113. The fraction of sp³-hybridized carbons (Fsp3) is 0.105. The van der Waals surface area contributed by atoms with Crippen molar-refractivity contribution >= 4 is 26.7 Å². The van der Waals surface area contributed by atoms with Gasteiger partial charge in [0, 0.05) is 5.56 Å². The van der Waals surface area contributed by atoms with Crippen LogP contribution in [0.4, 0.5) is 0 Å². The maximum absolute atomic E-state index is 12.5. The van der Waals surface area contributed by atoms with E-state index >= 15 is 0 Å². The molecule has 0 fully saturated rings. The van der Waals surface area contributed by atoms with E-state index in [9.17, 15) is 13.2 Å². The lowest BCUT2D eigenvalue weighted by molar-refractivity contribution is 0.0981. The fourth-order valence-corrected chi connectivity index (χ4v) is 3.87. The lowest BCUT2D eigenvalue weighted by atomic mass is 10.1. The Balaban J connectivity index is 1.92. The molecule has 0 unspecified atom stereocenters. The SMILES string of the molecule is Cc1ccc(S(=O)(=O)NC(=O)c2ccc3ccccc3c2)c(C)c1. The smallest absolute Gasteiger partial charge is 0.265 e. The largest absolute Gasteiger partial charge is 0.268 e. The normalized spacial score (nSPS) is 11.4. The first-order valence-corrected chi connectivity index (χ1v) is 8.98. The molecule has 0 saturated carbocycles. The van der Waals surface area contributed by atoms with Crippen molar-refractivity contribution in [3.05, 3.63) is 77.4 Å². The zero-order chi connectivity index (χ0) is 17.3. The number of sulfonamides is 1. The molecule has 1 amide bonds. The van der Waals surface area contributed by atoms with Gasteiger partial charge in [-0.2, -0.15) is 0 Å². The van der Waals surface area contributed by atoms with E-state index in [0.29, 0.717) is 11.1 Å². The Morgan fingerprint density at radius 1 is 0.875 bits per heavy atom. The number of aryl methyl sites for hydroxylation is 2. The maximum Gasteiger partial charge on any atom is 0.265 e. The summed E-state index contributed by atoms with van der Waals surface area (Å²) in [6.07, 6.45) is 0. The van der Waals surface area contributed by atoms with Crippen molar-refractivity contribution in [1.29, 1.82) is 0 Å². The summed E-state index contributed by atoms with van der Waals surface area (Å²) in [7, 11) is -3.91. The molecule has 3 aromatic rings. The average Bonchev–Trinajstić information content (AvgIpc) is 2.53. The minimum Gasteiger partial charge on any atom is -0.268 e. The molecule has 1 N–H and O–H groups in total. The van der Waals surface area contributed by atoms with E-state index in [1.54, 1.807) is 37.3 Å². The molecular weight excluding hydrogens is 322 g/mol. The Hall–Kier alpha value is -2.66. The summed E-state index contributed by atoms with van der Waals surface area (Å²) in [4.78, 5) is 12.5. The molecule has 122 valence electrons. The highest BCUT2D eigenvalue weighted by Gasteiger charge is 2.20. The molecule has 0 aliphatic carbocycles. The molecule has 24 heavy (non-hydrogen) atoms. The van der Waals surface area contributed by atoms with E-state index in [2.05, 4.69) is 4.72 Å². The van der Waals surface area contributed by atoms with E-state index < -0.39 is 15.9 Å². The Kier molecular flexibility index (Phi) is 4.11. The van der Waals surface area contributed by atoms with E-state index in [0.717, 1.165) is 16.3 Å². The van der Waals surface area contributed by atoms with Gasteiger partial charge in [-0.1, -0.05) is 48.0 Å². The van der Waals surface area contributed by atoms with E-state index in [1.807, 2.05) is 31.2 Å². The van der Waals surface area contributed by atoms with Crippen molar-refractivity contribution in [2.45, 2.75) is 18.7 Å². The van der Waals surface area contributed by atoms with Gasteiger partial charge < -0.3 is 0 Å². The van der Waals surface area contributed by atoms with Gasteiger partial charge in [0.1, 0.15) is 0 Å². The summed E-state index contributed by atoms with van der Waals surface area (Å²) < 4.78 is 27.1. The zero-order valence-corrected chi connectivity index (χ0v) is 14.2. The summed E-state index contributed by atoms with van der Waals surface area (Å²) >= 11 is 0. The van der Waals surface area contributed by atoms with Crippen LogP contribution in [0, 0.1) is 13.8 Å². The molecule has 0 aromatic heterocycles. The van der Waals surface area contributed by atoms with Gasteiger partial charge in [0.2, 0.25) is 0 Å². The van der Waals surface area contributed by atoms with Gasteiger partial charge in [-0.25, -0.2) is 13.1 Å². The molecule has 0 aliphatic heterocycles. The molecule has 0 saturated heterocycles. The Bertz CT molecular complexity index is 1040.